The number of hydrogen-bond donors (Lipinski definition) is 3. The summed E-state index contributed by atoms with van der Waals surface area (Å²) in [6.45, 7) is 0.348. The van der Waals surface area contributed by atoms with Crippen LogP contribution < -0.4 is 16.0 Å². The Hall–Kier alpha value is -4.71. The predicted molar refractivity (Wildman–Crippen MR) is 127 cm³/mol. The zero-order valence-electron chi connectivity index (χ0n) is 17.4. The van der Waals surface area contributed by atoms with Crippen molar-refractivity contribution in [1.29, 1.82) is 0 Å². The number of amides is 2. The summed E-state index contributed by atoms with van der Waals surface area (Å²) in [5, 5.41) is 29.7. The molecule has 0 atom stereocenters. The average molecular weight is 479 g/mol. The number of hydrogen-bond acceptors (Lipinski definition) is 7. The first-order valence-electron chi connectivity index (χ1n) is 9.71. The molecule has 0 aliphatic carbocycles. The molecule has 0 heterocycles. The van der Waals surface area contributed by atoms with Gasteiger partial charge in [0.15, 0.2) is 5.11 Å². The third kappa shape index (κ3) is 6.40. The number of rotatable bonds is 7. The summed E-state index contributed by atoms with van der Waals surface area (Å²) in [6, 6.07) is 18.3. The lowest BCUT2D eigenvalue weighted by Crippen LogP contribution is -2.34. The quantitative estimate of drug-likeness (QED) is 0.264. The number of anilines is 1. The molecule has 3 N–H and O–H groups in total. The Bertz CT molecular complexity index is 1250. The minimum Gasteiger partial charge on any atom is -0.348 e. The molecular formula is C22H17N5O6S. The molecule has 0 aliphatic heterocycles. The third-order valence-corrected chi connectivity index (χ3v) is 4.70. The van der Waals surface area contributed by atoms with Gasteiger partial charge < -0.3 is 10.6 Å². The van der Waals surface area contributed by atoms with Crippen molar-refractivity contribution in [3.63, 3.8) is 0 Å². The van der Waals surface area contributed by atoms with Crippen molar-refractivity contribution in [3.8, 4) is 0 Å². The lowest BCUT2D eigenvalue weighted by Gasteiger charge is -2.11. The van der Waals surface area contributed by atoms with Crippen LogP contribution >= 0.6 is 12.2 Å². The second-order valence-corrected chi connectivity index (χ2v) is 7.32. The number of non-ortho nitro benzene ring substituents is 2. The number of carbonyl (C=O) groups is 2. The first-order chi connectivity index (χ1) is 16.2. The van der Waals surface area contributed by atoms with Gasteiger partial charge in [-0.2, -0.15) is 0 Å². The summed E-state index contributed by atoms with van der Waals surface area (Å²) < 4.78 is 0. The van der Waals surface area contributed by atoms with Crippen LogP contribution in [0.25, 0.3) is 0 Å². The van der Waals surface area contributed by atoms with Crippen molar-refractivity contribution in [3.05, 3.63) is 110 Å². The van der Waals surface area contributed by atoms with E-state index in [-0.39, 0.29) is 16.6 Å². The molecule has 34 heavy (non-hydrogen) atoms. The Morgan fingerprint density at radius 3 is 2.06 bits per heavy atom. The molecule has 0 bridgehead atoms. The molecular weight excluding hydrogens is 462 g/mol. The van der Waals surface area contributed by atoms with Gasteiger partial charge in [0.25, 0.3) is 23.2 Å². The third-order valence-electron chi connectivity index (χ3n) is 4.49. The highest BCUT2D eigenvalue weighted by molar-refractivity contribution is 7.80. The Labute approximate surface area is 198 Å². The van der Waals surface area contributed by atoms with Crippen molar-refractivity contribution < 1.29 is 19.4 Å². The summed E-state index contributed by atoms with van der Waals surface area (Å²) >= 11 is 5.09. The molecule has 3 rings (SSSR count). The van der Waals surface area contributed by atoms with Crippen LogP contribution in [0.4, 0.5) is 17.1 Å². The van der Waals surface area contributed by atoms with Gasteiger partial charge in [0, 0.05) is 29.9 Å². The minimum atomic E-state index is -0.874. The molecule has 12 heteroatoms. The van der Waals surface area contributed by atoms with Gasteiger partial charge in [-0.05, 0) is 36.0 Å². The Balaban J connectivity index is 1.65. The fourth-order valence-corrected chi connectivity index (χ4v) is 3.10. The van der Waals surface area contributed by atoms with Crippen LogP contribution in [0.1, 0.15) is 26.3 Å². The number of thiocarbonyl (C=S) groups is 1. The number of nitro groups is 2. The van der Waals surface area contributed by atoms with Crippen LogP contribution in [-0.2, 0) is 6.54 Å². The second-order valence-electron chi connectivity index (χ2n) is 6.91. The van der Waals surface area contributed by atoms with Crippen LogP contribution in [0.5, 0.6) is 0 Å². The lowest BCUT2D eigenvalue weighted by atomic mass is 10.1. The maximum atomic E-state index is 12.4. The van der Waals surface area contributed by atoms with Crippen LogP contribution in [-0.4, -0.2) is 26.8 Å². The molecule has 3 aromatic carbocycles. The molecule has 0 aromatic heterocycles. The topological polar surface area (TPSA) is 157 Å². The fraction of sp³-hybridized carbons (Fsp3) is 0.0455. The number of carbonyl (C=O) groups excluding carboxylic acids is 2. The molecule has 0 radical (unpaired) electrons. The first-order valence-corrected chi connectivity index (χ1v) is 10.1. The number of nitro benzene ring substituents is 2. The molecule has 2 amide bonds. The summed E-state index contributed by atoms with van der Waals surface area (Å²) in [5.74, 6) is -1.19. The largest absolute Gasteiger partial charge is 0.348 e. The zero-order valence-corrected chi connectivity index (χ0v) is 18.2. The molecule has 0 saturated carbocycles. The van der Waals surface area contributed by atoms with Gasteiger partial charge in [0.1, 0.15) is 0 Å². The molecule has 0 unspecified atom stereocenters. The van der Waals surface area contributed by atoms with Gasteiger partial charge in [0.2, 0.25) is 0 Å². The van der Waals surface area contributed by atoms with Crippen LogP contribution in [0, 0.1) is 20.2 Å². The predicted octanol–water partition coefficient (Wildman–Crippen LogP) is 3.56. The zero-order chi connectivity index (χ0) is 24.7. The molecule has 11 nitrogen and oxygen atoms in total. The van der Waals surface area contributed by atoms with Gasteiger partial charge >= 0.3 is 0 Å². The van der Waals surface area contributed by atoms with E-state index in [0.29, 0.717) is 17.8 Å². The summed E-state index contributed by atoms with van der Waals surface area (Å²) in [7, 11) is 0. The van der Waals surface area contributed by atoms with E-state index in [1.165, 1.54) is 6.07 Å². The standard InChI is InChI=1S/C22H17N5O6S/c28-20(23-13-14-5-2-1-3-6-14)15-7-4-8-17(9-15)24-22(34)25-21(29)16-10-18(26(30)31)12-19(11-16)27(32)33/h1-12H,13H2,(H,23,28)(H2,24,25,29,34). The first kappa shape index (κ1) is 23.9. The minimum absolute atomic E-state index is 0.166. The lowest BCUT2D eigenvalue weighted by molar-refractivity contribution is -0.394. The second kappa shape index (κ2) is 10.7. The summed E-state index contributed by atoms with van der Waals surface area (Å²) in [4.78, 5) is 45.2. The van der Waals surface area contributed by atoms with E-state index in [4.69, 9.17) is 12.2 Å². The van der Waals surface area contributed by atoms with Gasteiger partial charge in [-0.25, -0.2) is 0 Å². The van der Waals surface area contributed by atoms with Crippen LogP contribution in [0.2, 0.25) is 0 Å². The van der Waals surface area contributed by atoms with E-state index in [9.17, 15) is 29.8 Å². The van der Waals surface area contributed by atoms with E-state index in [1.54, 1.807) is 18.2 Å². The van der Waals surface area contributed by atoms with Gasteiger partial charge in [-0.1, -0.05) is 36.4 Å². The van der Waals surface area contributed by atoms with Gasteiger partial charge in [-0.3, -0.25) is 35.1 Å². The SMILES string of the molecule is O=C(NCc1ccccc1)c1cccc(NC(=S)NC(=O)c2cc([N+](=O)[O-])cc([N+](=O)[O-])c2)c1. The van der Waals surface area contributed by atoms with Crippen molar-refractivity contribution in [2.24, 2.45) is 0 Å². The summed E-state index contributed by atoms with van der Waals surface area (Å²) in [5.41, 5.74) is 0.182. The van der Waals surface area contributed by atoms with E-state index < -0.39 is 27.1 Å². The van der Waals surface area contributed by atoms with Crippen molar-refractivity contribution in [1.82, 2.24) is 10.6 Å². The van der Waals surface area contributed by atoms with E-state index >= 15 is 0 Å². The summed E-state index contributed by atoms with van der Waals surface area (Å²) in [6.07, 6.45) is 0. The van der Waals surface area contributed by atoms with E-state index in [1.807, 2.05) is 30.3 Å². The van der Waals surface area contributed by atoms with Crippen LogP contribution in [0.3, 0.4) is 0 Å². The average Bonchev–Trinajstić information content (AvgIpc) is 2.82. The maximum Gasteiger partial charge on any atom is 0.277 e. The normalized spacial score (nSPS) is 10.1. The highest BCUT2D eigenvalue weighted by Gasteiger charge is 2.20. The van der Waals surface area contributed by atoms with Gasteiger partial charge in [-0.15, -0.1) is 0 Å². The Kier molecular flexibility index (Phi) is 7.56. The van der Waals surface area contributed by atoms with Crippen LogP contribution in [0.15, 0.2) is 72.8 Å². The number of nitrogens with one attached hydrogen (secondary N) is 3. The molecule has 3 aromatic rings. The molecule has 172 valence electrons. The fourth-order valence-electron chi connectivity index (χ4n) is 2.89. The van der Waals surface area contributed by atoms with Gasteiger partial charge in [0.05, 0.1) is 21.5 Å². The molecule has 0 aliphatic rings. The van der Waals surface area contributed by atoms with Crippen molar-refractivity contribution in [2.75, 3.05) is 5.32 Å². The number of benzene rings is 3. The van der Waals surface area contributed by atoms with E-state index in [0.717, 1.165) is 23.8 Å². The Morgan fingerprint density at radius 1 is 0.794 bits per heavy atom. The monoisotopic (exact) mass is 479 g/mol. The molecule has 0 spiro atoms. The Morgan fingerprint density at radius 2 is 1.44 bits per heavy atom. The molecule has 0 fully saturated rings. The smallest absolute Gasteiger partial charge is 0.277 e. The van der Waals surface area contributed by atoms with Crippen molar-refractivity contribution >= 4 is 46.2 Å². The molecule has 0 saturated heterocycles. The van der Waals surface area contributed by atoms with E-state index in [2.05, 4.69) is 16.0 Å². The number of nitrogens with zero attached hydrogens (tertiary/aromatic N) is 2. The van der Waals surface area contributed by atoms with Crippen molar-refractivity contribution in [2.45, 2.75) is 6.54 Å². The highest BCUT2D eigenvalue weighted by Crippen LogP contribution is 2.22. The highest BCUT2D eigenvalue weighted by atomic mass is 32.1. The maximum absolute atomic E-state index is 12.4.